The molecule has 7 nitrogen and oxygen atoms in total. The molecule has 1 atom stereocenters. The van der Waals surface area contributed by atoms with E-state index in [1.165, 1.54) is 7.11 Å². The zero-order chi connectivity index (χ0) is 17.6. The van der Waals surface area contributed by atoms with E-state index in [1.807, 2.05) is 17.0 Å². The number of rotatable bonds is 4. The van der Waals surface area contributed by atoms with Crippen LogP contribution < -0.4 is 10.2 Å². The SMILES string of the molecule is COC(=O)c1ccc(N2CCN(C(=O)CC3CNCCO3)CC2)cc1. The molecule has 2 fully saturated rings. The summed E-state index contributed by atoms with van der Waals surface area (Å²) in [5.74, 6) is -0.171. The lowest BCUT2D eigenvalue weighted by Crippen LogP contribution is -2.50. The van der Waals surface area contributed by atoms with E-state index in [-0.39, 0.29) is 18.0 Å². The molecule has 2 heterocycles. The molecule has 7 heteroatoms. The Bertz CT molecular complexity index is 591. The Balaban J connectivity index is 1.49. The summed E-state index contributed by atoms with van der Waals surface area (Å²) >= 11 is 0. The van der Waals surface area contributed by atoms with Gasteiger partial charge in [0.2, 0.25) is 5.91 Å². The smallest absolute Gasteiger partial charge is 0.337 e. The molecule has 0 bridgehead atoms. The minimum Gasteiger partial charge on any atom is -0.465 e. The number of amides is 1. The highest BCUT2D eigenvalue weighted by atomic mass is 16.5. The van der Waals surface area contributed by atoms with Gasteiger partial charge in [-0.05, 0) is 24.3 Å². The van der Waals surface area contributed by atoms with Crippen molar-refractivity contribution in [1.29, 1.82) is 0 Å². The van der Waals surface area contributed by atoms with E-state index in [0.29, 0.717) is 31.7 Å². The van der Waals surface area contributed by atoms with Crippen molar-refractivity contribution in [1.82, 2.24) is 10.2 Å². The summed E-state index contributed by atoms with van der Waals surface area (Å²) in [7, 11) is 1.38. The van der Waals surface area contributed by atoms with Crippen LogP contribution in [-0.2, 0) is 14.3 Å². The Kier molecular flexibility index (Phi) is 5.88. The number of benzene rings is 1. The zero-order valence-electron chi connectivity index (χ0n) is 14.6. The van der Waals surface area contributed by atoms with Gasteiger partial charge in [0, 0.05) is 45.0 Å². The van der Waals surface area contributed by atoms with E-state index in [0.717, 1.165) is 31.9 Å². The van der Waals surface area contributed by atoms with Crippen molar-refractivity contribution in [3.63, 3.8) is 0 Å². The molecule has 0 aliphatic carbocycles. The van der Waals surface area contributed by atoms with Crippen LogP contribution in [0.15, 0.2) is 24.3 Å². The van der Waals surface area contributed by atoms with Crippen molar-refractivity contribution in [3.8, 4) is 0 Å². The molecule has 1 unspecified atom stereocenters. The number of carbonyl (C=O) groups is 2. The number of anilines is 1. The molecule has 2 aliphatic heterocycles. The summed E-state index contributed by atoms with van der Waals surface area (Å²) in [5.41, 5.74) is 1.60. The molecule has 0 radical (unpaired) electrons. The fourth-order valence-corrected chi connectivity index (χ4v) is 3.21. The van der Waals surface area contributed by atoms with Gasteiger partial charge in [-0.25, -0.2) is 4.79 Å². The monoisotopic (exact) mass is 347 g/mol. The van der Waals surface area contributed by atoms with Crippen LogP contribution in [0.3, 0.4) is 0 Å². The molecule has 3 rings (SSSR count). The van der Waals surface area contributed by atoms with Gasteiger partial charge < -0.3 is 24.6 Å². The van der Waals surface area contributed by atoms with E-state index in [2.05, 4.69) is 10.2 Å². The van der Waals surface area contributed by atoms with Gasteiger partial charge in [-0.2, -0.15) is 0 Å². The highest BCUT2D eigenvalue weighted by Crippen LogP contribution is 2.18. The molecule has 1 amide bonds. The third kappa shape index (κ3) is 4.49. The minimum atomic E-state index is -0.332. The molecule has 0 saturated carbocycles. The van der Waals surface area contributed by atoms with Gasteiger partial charge in [0.1, 0.15) is 0 Å². The Hall–Kier alpha value is -2.12. The number of morpholine rings is 1. The predicted molar refractivity (Wildman–Crippen MR) is 93.8 cm³/mol. The fourth-order valence-electron chi connectivity index (χ4n) is 3.21. The summed E-state index contributed by atoms with van der Waals surface area (Å²) in [6, 6.07) is 7.38. The number of esters is 1. The second-order valence-corrected chi connectivity index (χ2v) is 6.31. The lowest BCUT2D eigenvalue weighted by atomic mass is 10.1. The van der Waals surface area contributed by atoms with Crippen LogP contribution in [0.2, 0.25) is 0 Å². The summed E-state index contributed by atoms with van der Waals surface area (Å²) in [6.07, 6.45) is 0.436. The molecule has 1 N–H and O–H groups in total. The number of ether oxygens (including phenoxy) is 2. The van der Waals surface area contributed by atoms with Gasteiger partial charge in [-0.15, -0.1) is 0 Å². The third-order valence-corrected chi connectivity index (χ3v) is 4.69. The normalized spacial score (nSPS) is 21.1. The largest absolute Gasteiger partial charge is 0.465 e. The second kappa shape index (κ2) is 8.31. The standard InChI is InChI=1S/C18H25N3O4/c1-24-18(23)14-2-4-15(5-3-14)20-7-9-21(10-8-20)17(22)12-16-13-19-6-11-25-16/h2-5,16,19H,6-13H2,1H3. The number of carbonyl (C=O) groups excluding carboxylic acids is 2. The maximum absolute atomic E-state index is 12.4. The van der Waals surface area contributed by atoms with Gasteiger partial charge in [-0.1, -0.05) is 0 Å². The molecular formula is C18H25N3O4. The van der Waals surface area contributed by atoms with Gasteiger partial charge in [0.15, 0.2) is 0 Å². The van der Waals surface area contributed by atoms with Crippen LogP contribution in [0.1, 0.15) is 16.8 Å². The topological polar surface area (TPSA) is 71.1 Å². The zero-order valence-corrected chi connectivity index (χ0v) is 14.6. The van der Waals surface area contributed by atoms with Crippen LogP contribution in [0.25, 0.3) is 0 Å². The van der Waals surface area contributed by atoms with Crippen LogP contribution in [-0.4, -0.2) is 75.9 Å². The van der Waals surface area contributed by atoms with Crippen LogP contribution in [0.5, 0.6) is 0 Å². The first-order valence-corrected chi connectivity index (χ1v) is 8.71. The Morgan fingerprint density at radius 1 is 1.20 bits per heavy atom. The van der Waals surface area contributed by atoms with Crippen LogP contribution in [0.4, 0.5) is 5.69 Å². The fraction of sp³-hybridized carbons (Fsp3) is 0.556. The number of nitrogens with one attached hydrogen (secondary N) is 1. The molecule has 0 aromatic heterocycles. The van der Waals surface area contributed by atoms with Crippen LogP contribution in [0, 0.1) is 0 Å². The number of methoxy groups -OCH3 is 1. The maximum atomic E-state index is 12.4. The van der Waals surface area contributed by atoms with Crippen molar-refractivity contribution in [2.45, 2.75) is 12.5 Å². The van der Waals surface area contributed by atoms with Crippen molar-refractivity contribution in [3.05, 3.63) is 29.8 Å². The van der Waals surface area contributed by atoms with Gasteiger partial charge in [0.25, 0.3) is 0 Å². The van der Waals surface area contributed by atoms with E-state index in [9.17, 15) is 9.59 Å². The molecule has 136 valence electrons. The Labute approximate surface area is 147 Å². The van der Waals surface area contributed by atoms with E-state index >= 15 is 0 Å². The van der Waals surface area contributed by atoms with Crippen LogP contribution >= 0.6 is 0 Å². The molecule has 0 spiro atoms. The Morgan fingerprint density at radius 2 is 1.92 bits per heavy atom. The van der Waals surface area contributed by atoms with Crippen molar-refractivity contribution >= 4 is 17.6 Å². The first-order valence-electron chi connectivity index (χ1n) is 8.71. The predicted octanol–water partition coefficient (Wildman–Crippen LogP) is 0.500. The summed E-state index contributed by atoms with van der Waals surface area (Å²) in [4.78, 5) is 28.0. The lowest BCUT2D eigenvalue weighted by Gasteiger charge is -2.37. The highest BCUT2D eigenvalue weighted by molar-refractivity contribution is 5.89. The van der Waals surface area contributed by atoms with E-state index in [1.54, 1.807) is 12.1 Å². The van der Waals surface area contributed by atoms with E-state index in [4.69, 9.17) is 9.47 Å². The number of hydrogen-bond donors (Lipinski definition) is 1. The third-order valence-electron chi connectivity index (χ3n) is 4.69. The van der Waals surface area contributed by atoms with Crippen molar-refractivity contribution < 1.29 is 19.1 Å². The van der Waals surface area contributed by atoms with Crippen molar-refractivity contribution in [2.75, 3.05) is 57.9 Å². The Morgan fingerprint density at radius 3 is 2.52 bits per heavy atom. The molecule has 1 aromatic carbocycles. The molecule has 2 saturated heterocycles. The second-order valence-electron chi connectivity index (χ2n) is 6.31. The minimum absolute atomic E-state index is 0.00912. The first kappa shape index (κ1) is 17.7. The summed E-state index contributed by atoms with van der Waals surface area (Å²) in [5, 5.41) is 3.25. The van der Waals surface area contributed by atoms with E-state index < -0.39 is 0 Å². The maximum Gasteiger partial charge on any atom is 0.337 e. The average Bonchev–Trinajstić information content (AvgIpc) is 2.68. The summed E-state index contributed by atoms with van der Waals surface area (Å²) < 4.78 is 10.3. The van der Waals surface area contributed by atoms with Gasteiger partial charge in [-0.3, -0.25) is 4.79 Å². The summed E-state index contributed by atoms with van der Waals surface area (Å²) in [6.45, 7) is 5.26. The molecular weight excluding hydrogens is 322 g/mol. The van der Waals surface area contributed by atoms with Gasteiger partial charge >= 0.3 is 5.97 Å². The highest BCUT2D eigenvalue weighted by Gasteiger charge is 2.25. The molecule has 1 aromatic rings. The number of nitrogens with zero attached hydrogens (tertiary/aromatic N) is 2. The number of piperazine rings is 1. The lowest BCUT2D eigenvalue weighted by molar-refractivity contribution is -0.135. The van der Waals surface area contributed by atoms with Gasteiger partial charge in [0.05, 0.1) is 31.8 Å². The first-order chi connectivity index (χ1) is 12.2. The molecule has 25 heavy (non-hydrogen) atoms. The number of hydrogen-bond acceptors (Lipinski definition) is 6. The van der Waals surface area contributed by atoms with Crippen molar-refractivity contribution in [2.24, 2.45) is 0 Å². The quantitative estimate of drug-likeness (QED) is 0.800. The average molecular weight is 347 g/mol. The molecule has 2 aliphatic rings.